The zero-order valence-electron chi connectivity index (χ0n) is 11.3. The topological polar surface area (TPSA) is 29.5 Å². The van der Waals surface area contributed by atoms with E-state index in [4.69, 9.17) is 4.74 Å². The van der Waals surface area contributed by atoms with Gasteiger partial charge in [-0.2, -0.15) is 11.8 Å². The maximum absolute atomic E-state index is 12.0. The van der Waals surface area contributed by atoms with Crippen LogP contribution in [0.15, 0.2) is 0 Å². The molecule has 1 heterocycles. The summed E-state index contributed by atoms with van der Waals surface area (Å²) in [4.78, 5) is 13.9. The average Bonchev–Trinajstić information content (AvgIpc) is 2.23. The molecule has 3 nitrogen and oxygen atoms in total. The molecule has 1 aliphatic rings. The van der Waals surface area contributed by atoms with Crippen LogP contribution in [0.2, 0.25) is 0 Å². The monoisotopic (exact) mass is 259 g/mol. The lowest BCUT2D eigenvalue weighted by Crippen LogP contribution is -2.38. The van der Waals surface area contributed by atoms with Crippen molar-refractivity contribution in [2.45, 2.75) is 52.1 Å². The third-order valence-corrected chi connectivity index (χ3v) is 3.74. The lowest BCUT2D eigenvalue weighted by atomic mass is 10.2. The van der Waals surface area contributed by atoms with Gasteiger partial charge in [0, 0.05) is 13.1 Å². The third-order valence-electron chi connectivity index (χ3n) is 2.59. The fourth-order valence-corrected chi connectivity index (χ4v) is 2.76. The highest BCUT2D eigenvalue weighted by Crippen LogP contribution is 2.15. The zero-order valence-corrected chi connectivity index (χ0v) is 12.1. The molecule has 1 fully saturated rings. The number of carbonyl (C=O) groups excluding carboxylic acids is 1. The first-order valence-electron chi connectivity index (χ1n) is 6.55. The predicted octanol–water partition coefficient (Wildman–Crippen LogP) is 3.53. The fraction of sp³-hybridized carbons (Fsp3) is 0.923. The molecule has 100 valence electrons. The van der Waals surface area contributed by atoms with E-state index < -0.39 is 0 Å². The second-order valence-electron chi connectivity index (χ2n) is 5.49. The summed E-state index contributed by atoms with van der Waals surface area (Å²) in [5, 5.41) is 0. The molecule has 17 heavy (non-hydrogen) atoms. The van der Waals surface area contributed by atoms with Gasteiger partial charge in [-0.3, -0.25) is 0 Å². The summed E-state index contributed by atoms with van der Waals surface area (Å²) in [6.07, 6.45) is 4.43. The van der Waals surface area contributed by atoms with Gasteiger partial charge in [0.2, 0.25) is 0 Å². The number of amides is 1. The van der Waals surface area contributed by atoms with E-state index in [-0.39, 0.29) is 11.7 Å². The number of hydrogen-bond donors (Lipinski definition) is 0. The molecule has 0 atom stereocenters. The van der Waals surface area contributed by atoms with E-state index in [0.717, 1.165) is 25.9 Å². The van der Waals surface area contributed by atoms with Crippen LogP contribution in [0.3, 0.4) is 0 Å². The lowest BCUT2D eigenvalue weighted by Gasteiger charge is -2.28. The second-order valence-corrected chi connectivity index (χ2v) is 6.72. The predicted molar refractivity (Wildman–Crippen MR) is 73.6 cm³/mol. The number of rotatable bonds is 0. The Hall–Kier alpha value is -0.380. The summed E-state index contributed by atoms with van der Waals surface area (Å²) in [6.45, 7) is 7.44. The molecule has 0 N–H and O–H groups in total. The van der Waals surface area contributed by atoms with Gasteiger partial charge >= 0.3 is 6.09 Å². The van der Waals surface area contributed by atoms with Crippen LogP contribution in [0.5, 0.6) is 0 Å². The van der Waals surface area contributed by atoms with Gasteiger partial charge in [0.1, 0.15) is 5.60 Å². The summed E-state index contributed by atoms with van der Waals surface area (Å²) in [6, 6.07) is 0. The molecule has 1 aliphatic heterocycles. The Balaban J connectivity index is 2.43. The molecular formula is C13H25NO2S. The summed E-state index contributed by atoms with van der Waals surface area (Å²) in [7, 11) is 0. The van der Waals surface area contributed by atoms with Gasteiger partial charge in [0.05, 0.1) is 0 Å². The number of thioether (sulfide) groups is 1. The van der Waals surface area contributed by atoms with E-state index in [0.29, 0.717) is 0 Å². The number of hydrogen-bond acceptors (Lipinski definition) is 3. The summed E-state index contributed by atoms with van der Waals surface area (Å²) in [5.74, 6) is 2.45. The highest BCUT2D eigenvalue weighted by Gasteiger charge is 2.21. The van der Waals surface area contributed by atoms with Crippen LogP contribution in [0.25, 0.3) is 0 Å². The molecular weight excluding hydrogens is 234 g/mol. The highest BCUT2D eigenvalue weighted by atomic mass is 32.2. The van der Waals surface area contributed by atoms with Crippen molar-refractivity contribution >= 4 is 17.9 Å². The summed E-state index contributed by atoms with van der Waals surface area (Å²) >= 11 is 2.04. The Kier molecular flexibility index (Phi) is 6.17. The zero-order chi connectivity index (χ0) is 12.7. The molecule has 0 spiro atoms. The lowest BCUT2D eigenvalue weighted by molar-refractivity contribution is 0.0245. The largest absolute Gasteiger partial charge is 0.444 e. The summed E-state index contributed by atoms with van der Waals surface area (Å²) in [5.41, 5.74) is -0.387. The van der Waals surface area contributed by atoms with Gasteiger partial charge in [-0.1, -0.05) is 0 Å². The van der Waals surface area contributed by atoms with E-state index >= 15 is 0 Å². The quantitative estimate of drug-likeness (QED) is 0.666. The van der Waals surface area contributed by atoms with Crippen molar-refractivity contribution in [2.75, 3.05) is 24.6 Å². The van der Waals surface area contributed by atoms with Crippen molar-refractivity contribution in [1.82, 2.24) is 4.90 Å². The van der Waals surface area contributed by atoms with Crippen LogP contribution in [0, 0.1) is 0 Å². The van der Waals surface area contributed by atoms with E-state index in [1.807, 2.05) is 37.4 Å². The molecule has 0 bridgehead atoms. The van der Waals surface area contributed by atoms with Gasteiger partial charge in [-0.05, 0) is 58.0 Å². The molecule has 1 rings (SSSR count). The first-order chi connectivity index (χ1) is 7.99. The van der Waals surface area contributed by atoms with Crippen molar-refractivity contribution in [1.29, 1.82) is 0 Å². The molecule has 0 aromatic carbocycles. The van der Waals surface area contributed by atoms with Gasteiger partial charge in [0.15, 0.2) is 0 Å². The molecule has 1 saturated heterocycles. The van der Waals surface area contributed by atoms with Crippen molar-refractivity contribution in [3.63, 3.8) is 0 Å². The van der Waals surface area contributed by atoms with Crippen LogP contribution >= 0.6 is 11.8 Å². The van der Waals surface area contributed by atoms with E-state index in [1.165, 1.54) is 24.3 Å². The number of carbonyl (C=O) groups is 1. The number of nitrogens with zero attached hydrogens (tertiary/aromatic N) is 1. The van der Waals surface area contributed by atoms with Gasteiger partial charge < -0.3 is 9.64 Å². The maximum Gasteiger partial charge on any atom is 0.410 e. The summed E-state index contributed by atoms with van der Waals surface area (Å²) < 4.78 is 5.43. The van der Waals surface area contributed by atoms with E-state index in [1.54, 1.807) is 0 Å². The van der Waals surface area contributed by atoms with E-state index in [9.17, 15) is 4.79 Å². The highest BCUT2D eigenvalue weighted by molar-refractivity contribution is 7.99. The van der Waals surface area contributed by atoms with Crippen LogP contribution in [0.4, 0.5) is 4.79 Å². The SMILES string of the molecule is CC(C)(C)OC(=O)N1CCCCSCCCC1. The molecule has 0 unspecified atom stereocenters. The molecule has 0 saturated carbocycles. The van der Waals surface area contributed by atoms with Gasteiger partial charge in [-0.15, -0.1) is 0 Å². The van der Waals surface area contributed by atoms with Crippen LogP contribution in [0.1, 0.15) is 46.5 Å². The second kappa shape index (κ2) is 7.14. The average molecular weight is 259 g/mol. The Morgan fingerprint density at radius 3 is 2.06 bits per heavy atom. The normalized spacial score (nSPS) is 19.8. The smallest absolute Gasteiger partial charge is 0.410 e. The van der Waals surface area contributed by atoms with E-state index in [2.05, 4.69) is 0 Å². The van der Waals surface area contributed by atoms with Crippen molar-refractivity contribution in [2.24, 2.45) is 0 Å². The Bertz CT molecular complexity index is 228. The van der Waals surface area contributed by atoms with Crippen LogP contribution in [-0.4, -0.2) is 41.2 Å². The molecule has 1 amide bonds. The van der Waals surface area contributed by atoms with Gasteiger partial charge in [-0.25, -0.2) is 4.79 Å². The van der Waals surface area contributed by atoms with Crippen molar-refractivity contribution in [3.8, 4) is 0 Å². The Morgan fingerprint density at radius 2 is 1.59 bits per heavy atom. The first kappa shape index (κ1) is 14.7. The van der Waals surface area contributed by atoms with Crippen molar-refractivity contribution in [3.05, 3.63) is 0 Å². The van der Waals surface area contributed by atoms with Gasteiger partial charge in [0.25, 0.3) is 0 Å². The number of ether oxygens (including phenoxy) is 1. The standard InChI is InChI=1S/C13H25NO2S/c1-13(2,3)16-12(15)14-8-4-6-10-17-11-7-5-9-14/h4-11H2,1-3H3. The molecule has 0 aromatic rings. The molecule has 4 heteroatoms. The molecule has 0 radical (unpaired) electrons. The fourth-order valence-electron chi connectivity index (χ4n) is 1.74. The Labute approximate surface area is 109 Å². The molecule has 0 aromatic heterocycles. The third kappa shape index (κ3) is 6.81. The Morgan fingerprint density at radius 1 is 1.06 bits per heavy atom. The minimum absolute atomic E-state index is 0.147. The van der Waals surface area contributed by atoms with Crippen LogP contribution in [-0.2, 0) is 4.74 Å². The minimum Gasteiger partial charge on any atom is -0.444 e. The van der Waals surface area contributed by atoms with Crippen molar-refractivity contribution < 1.29 is 9.53 Å². The maximum atomic E-state index is 12.0. The van der Waals surface area contributed by atoms with Crippen LogP contribution < -0.4 is 0 Å². The minimum atomic E-state index is -0.387. The molecule has 0 aliphatic carbocycles. The first-order valence-corrected chi connectivity index (χ1v) is 7.70.